The molecule has 140 valence electrons. The van der Waals surface area contributed by atoms with Crippen LogP contribution in [0.3, 0.4) is 0 Å². The van der Waals surface area contributed by atoms with Crippen molar-refractivity contribution in [1.29, 1.82) is 0 Å². The highest BCUT2D eigenvalue weighted by molar-refractivity contribution is 6.07. The van der Waals surface area contributed by atoms with Crippen molar-refractivity contribution in [3.05, 3.63) is 35.9 Å². The lowest BCUT2D eigenvalue weighted by Crippen LogP contribution is -2.48. The van der Waals surface area contributed by atoms with Gasteiger partial charge in [-0.3, -0.25) is 14.5 Å². The first-order valence-corrected chi connectivity index (χ1v) is 9.39. The third-order valence-corrected chi connectivity index (χ3v) is 5.76. The molecule has 1 aromatic rings. The van der Waals surface area contributed by atoms with Crippen molar-refractivity contribution in [2.75, 3.05) is 13.6 Å². The first kappa shape index (κ1) is 18.4. The summed E-state index contributed by atoms with van der Waals surface area (Å²) in [6, 6.07) is 9.39. The number of amides is 4. The maximum absolute atomic E-state index is 12.7. The van der Waals surface area contributed by atoms with E-state index in [1.807, 2.05) is 37.3 Å². The molecule has 2 aliphatic rings. The largest absolute Gasteiger partial charge is 0.339 e. The number of carbonyl (C=O) groups excluding carboxylic acids is 3. The number of benzene rings is 1. The second-order valence-electron chi connectivity index (χ2n) is 7.37. The Morgan fingerprint density at radius 1 is 1.19 bits per heavy atom. The van der Waals surface area contributed by atoms with E-state index in [9.17, 15) is 14.4 Å². The van der Waals surface area contributed by atoms with Crippen LogP contribution in [-0.2, 0) is 9.59 Å². The van der Waals surface area contributed by atoms with Crippen LogP contribution in [0.1, 0.15) is 57.1 Å². The molecule has 1 spiro atoms. The van der Waals surface area contributed by atoms with Gasteiger partial charge in [-0.1, -0.05) is 49.6 Å². The fourth-order valence-corrected chi connectivity index (χ4v) is 3.93. The summed E-state index contributed by atoms with van der Waals surface area (Å²) in [6.07, 6.45) is 4.56. The maximum Gasteiger partial charge on any atom is 0.325 e. The molecule has 6 nitrogen and oxygen atoms in total. The third-order valence-electron chi connectivity index (χ3n) is 5.76. The smallest absolute Gasteiger partial charge is 0.325 e. The van der Waals surface area contributed by atoms with Crippen molar-refractivity contribution in [2.45, 2.75) is 57.0 Å². The molecule has 1 aliphatic heterocycles. The highest BCUT2D eigenvalue weighted by Gasteiger charge is 2.51. The van der Waals surface area contributed by atoms with Gasteiger partial charge in [-0.25, -0.2) is 4.79 Å². The third kappa shape index (κ3) is 3.45. The molecule has 1 N–H and O–H groups in total. The summed E-state index contributed by atoms with van der Waals surface area (Å²) in [6.45, 7) is 2.11. The van der Waals surface area contributed by atoms with E-state index in [0.717, 1.165) is 24.8 Å². The average molecular weight is 357 g/mol. The van der Waals surface area contributed by atoms with Crippen molar-refractivity contribution in [1.82, 2.24) is 15.1 Å². The van der Waals surface area contributed by atoms with Crippen LogP contribution in [0.2, 0.25) is 0 Å². The molecule has 1 aliphatic carbocycles. The van der Waals surface area contributed by atoms with E-state index in [0.29, 0.717) is 12.8 Å². The van der Waals surface area contributed by atoms with Crippen molar-refractivity contribution in [2.24, 2.45) is 0 Å². The zero-order valence-electron chi connectivity index (χ0n) is 15.5. The second kappa shape index (κ2) is 7.48. The number of hydrogen-bond acceptors (Lipinski definition) is 3. The molecule has 26 heavy (non-hydrogen) atoms. The molecule has 3 rings (SSSR count). The summed E-state index contributed by atoms with van der Waals surface area (Å²) in [5.41, 5.74) is 0.334. The number of nitrogens with one attached hydrogen (secondary N) is 1. The van der Waals surface area contributed by atoms with Gasteiger partial charge >= 0.3 is 6.03 Å². The van der Waals surface area contributed by atoms with Crippen LogP contribution < -0.4 is 5.32 Å². The Balaban J connectivity index is 1.59. The Morgan fingerprint density at radius 3 is 2.50 bits per heavy atom. The first-order chi connectivity index (χ1) is 12.4. The monoisotopic (exact) mass is 357 g/mol. The number of hydrogen-bond donors (Lipinski definition) is 1. The van der Waals surface area contributed by atoms with Gasteiger partial charge in [0.2, 0.25) is 5.91 Å². The summed E-state index contributed by atoms with van der Waals surface area (Å²) < 4.78 is 0. The van der Waals surface area contributed by atoms with Crippen LogP contribution in [-0.4, -0.2) is 46.8 Å². The minimum absolute atomic E-state index is 0.0588. The summed E-state index contributed by atoms with van der Waals surface area (Å²) in [7, 11) is 1.76. The van der Waals surface area contributed by atoms with Crippen molar-refractivity contribution in [3.8, 4) is 0 Å². The number of nitrogens with zero attached hydrogens (tertiary/aromatic N) is 2. The van der Waals surface area contributed by atoms with Crippen molar-refractivity contribution in [3.63, 3.8) is 0 Å². The molecular formula is C20H27N3O3. The van der Waals surface area contributed by atoms with E-state index >= 15 is 0 Å². The Bertz CT molecular complexity index is 683. The fraction of sp³-hybridized carbons (Fsp3) is 0.550. The summed E-state index contributed by atoms with van der Waals surface area (Å²) in [5, 5.41) is 2.88. The van der Waals surface area contributed by atoms with Gasteiger partial charge in [0, 0.05) is 20.0 Å². The minimum Gasteiger partial charge on any atom is -0.339 e. The van der Waals surface area contributed by atoms with Gasteiger partial charge < -0.3 is 10.2 Å². The van der Waals surface area contributed by atoms with Crippen LogP contribution >= 0.6 is 0 Å². The second-order valence-corrected chi connectivity index (χ2v) is 7.37. The molecule has 1 heterocycles. The molecule has 1 saturated heterocycles. The van der Waals surface area contributed by atoms with E-state index in [-0.39, 0.29) is 36.9 Å². The molecule has 0 unspecified atom stereocenters. The van der Waals surface area contributed by atoms with Crippen molar-refractivity contribution >= 4 is 17.8 Å². The Kier molecular flexibility index (Phi) is 5.30. The van der Waals surface area contributed by atoms with Gasteiger partial charge in [0.05, 0.1) is 6.04 Å². The molecule has 1 aromatic carbocycles. The molecule has 0 radical (unpaired) electrons. The Hall–Kier alpha value is -2.37. The predicted octanol–water partition coefficient (Wildman–Crippen LogP) is 2.85. The zero-order chi connectivity index (χ0) is 18.7. The van der Waals surface area contributed by atoms with E-state index in [1.165, 1.54) is 4.90 Å². The van der Waals surface area contributed by atoms with Gasteiger partial charge in [0.25, 0.3) is 5.91 Å². The lowest BCUT2D eigenvalue weighted by molar-refractivity contribution is -0.134. The topological polar surface area (TPSA) is 69.7 Å². The molecule has 4 amide bonds. The molecular weight excluding hydrogens is 330 g/mol. The van der Waals surface area contributed by atoms with Crippen LogP contribution in [0, 0.1) is 0 Å². The van der Waals surface area contributed by atoms with Gasteiger partial charge in [0.15, 0.2) is 0 Å². The summed E-state index contributed by atoms with van der Waals surface area (Å²) >= 11 is 0. The Labute approximate surface area is 154 Å². The summed E-state index contributed by atoms with van der Waals surface area (Å²) in [5.74, 6) is -0.236. The van der Waals surface area contributed by atoms with Gasteiger partial charge in [-0.15, -0.1) is 0 Å². The lowest BCUT2D eigenvalue weighted by Gasteiger charge is -2.30. The minimum atomic E-state index is -0.721. The molecule has 2 fully saturated rings. The highest BCUT2D eigenvalue weighted by atomic mass is 16.2. The Morgan fingerprint density at radius 2 is 1.85 bits per heavy atom. The summed E-state index contributed by atoms with van der Waals surface area (Å²) in [4.78, 5) is 40.5. The molecule has 1 atom stereocenters. The van der Waals surface area contributed by atoms with Crippen molar-refractivity contribution < 1.29 is 14.4 Å². The zero-order valence-corrected chi connectivity index (χ0v) is 15.5. The van der Waals surface area contributed by atoms with E-state index in [4.69, 9.17) is 0 Å². The SMILES string of the molecule is C[C@H](c1ccccc1)N(C)C(=O)CCN1C(=O)NC2(CCCCC2)C1=O. The van der Waals surface area contributed by atoms with E-state index in [2.05, 4.69) is 5.32 Å². The van der Waals surface area contributed by atoms with Crippen LogP contribution in [0.5, 0.6) is 0 Å². The molecule has 1 saturated carbocycles. The van der Waals surface area contributed by atoms with Gasteiger partial charge in [-0.05, 0) is 25.3 Å². The number of rotatable bonds is 5. The van der Waals surface area contributed by atoms with Crippen LogP contribution in [0.25, 0.3) is 0 Å². The fourth-order valence-electron chi connectivity index (χ4n) is 3.93. The van der Waals surface area contributed by atoms with Gasteiger partial charge in [0.1, 0.15) is 5.54 Å². The van der Waals surface area contributed by atoms with Crippen LogP contribution in [0.15, 0.2) is 30.3 Å². The standard InChI is InChI=1S/C20H27N3O3/c1-15(16-9-5-3-6-10-16)22(2)17(24)11-14-23-18(25)20(21-19(23)26)12-7-4-8-13-20/h3,5-6,9-10,15H,4,7-8,11-14H2,1-2H3,(H,21,26)/t15-/m1/s1. The van der Waals surface area contributed by atoms with Gasteiger partial charge in [-0.2, -0.15) is 0 Å². The van der Waals surface area contributed by atoms with Crippen LogP contribution in [0.4, 0.5) is 4.79 Å². The molecule has 0 aromatic heterocycles. The average Bonchev–Trinajstić information content (AvgIpc) is 2.89. The molecule has 0 bridgehead atoms. The number of imide groups is 1. The maximum atomic E-state index is 12.7. The first-order valence-electron chi connectivity index (χ1n) is 9.39. The predicted molar refractivity (Wildman–Crippen MR) is 98.3 cm³/mol. The lowest BCUT2D eigenvalue weighted by atomic mass is 9.82. The number of urea groups is 1. The van der Waals surface area contributed by atoms with E-state index in [1.54, 1.807) is 11.9 Å². The van der Waals surface area contributed by atoms with E-state index < -0.39 is 5.54 Å². The molecule has 6 heteroatoms. The normalized spacial score (nSPS) is 20.2. The quantitative estimate of drug-likeness (QED) is 0.824. The highest BCUT2D eigenvalue weighted by Crippen LogP contribution is 2.33. The number of carbonyl (C=O) groups is 3.